The molecule has 0 unspecified atom stereocenters. The number of benzene rings is 1. The van der Waals surface area contributed by atoms with Gasteiger partial charge in [0.15, 0.2) is 6.61 Å². The normalized spacial score (nSPS) is 26.3. The van der Waals surface area contributed by atoms with E-state index in [2.05, 4.69) is 37.2 Å². The van der Waals surface area contributed by atoms with Crippen LogP contribution in [0, 0.1) is 25.7 Å². The topological polar surface area (TPSA) is 92.8 Å². The number of ether oxygens (including phenoxy) is 1. The number of hydrogen-bond donors (Lipinski definition) is 1. The van der Waals surface area contributed by atoms with Crippen LogP contribution in [0.1, 0.15) is 24.0 Å². The first-order chi connectivity index (χ1) is 13.7. The molecule has 29 heavy (non-hydrogen) atoms. The van der Waals surface area contributed by atoms with Gasteiger partial charge in [0.25, 0.3) is 5.91 Å². The van der Waals surface area contributed by atoms with Crippen molar-refractivity contribution in [2.45, 2.75) is 36.3 Å². The highest BCUT2D eigenvalue weighted by atomic mass is 79.9. The highest BCUT2D eigenvalue weighted by Crippen LogP contribution is 2.43. The minimum Gasteiger partial charge on any atom is -0.454 e. The van der Waals surface area contributed by atoms with Crippen LogP contribution < -0.4 is 5.32 Å². The van der Waals surface area contributed by atoms with Crippen LogP contribution in [0.5, 0.6) is 0 Å². The summed E-state index contributed by atoms with van der Waals surface area (Å²) in [5.41, 5.74) is 2.53. The Balaban J connectivity index is 1.53. The van der Waals surface area contributed by atoms with E-state index in [1.54, 1.807) is 0 Å². The summed E-state index contributed by atoms with van der Waals surface area (Å²) in [6, 6.07) is 5.64. The summed E-state index contributed by atoms with van der Waals surface area (Å²) in [6.07, 6.45) is 1.07. The molecule has 9 heteroatoms. The van der Waals surface area contributed by atoms with E-state index in [1.807, 2.05) is 32.0 Å². The van der Waals surface area contributed by atoms with Crippen molar-refractivity contribution in [1.82, 2.24) is 4.90 Å². The van der Waals surface area contributed by atoms with Crippen molar-refractivity contribution < 1.29 is 23.9 Å². The molecule has 2 aliphatic rings. The minimum atomic E-state index is -0.785. The maximum absolute atomic E-state index is 12.6. The Labute approximate surface area is 185 Å². The second-order valence-corrected chi connectivity index (χ2v) is 9.86. The molecule has 4 atom stereocenters. The van der Waals surface area contributed by atoms with Crippen LogP contribution in [-0.4, -0.2) is 51.4 Å². The molecule has 0 radical (unpaired) electrons. The lowest BCUT2D eigenvalue weighted by Crippen LogP contribution is -2.37. The molecule has 0 bridgehead atoms. The molecule has 1 saturated heterocycles. The molecule has 1 aliphatic carbocycles. The van der Waals surface area contributed by atoms with Crippen LogP contribution >= 0.6 is 31.9 Å². The molecule has 0 spiro atoms. The van der Waals surface area contributed by atoms with Crippen LogP contribution in [0.15, 0.2) is 18.2 Å². The van der Waals surface area contributed by atoms with Gasteiger partial charge in [-0.15, -0.1) is 0 Å². The molecule has 3 rings (SSSR count). The van der Waals surface area contributed by atoms with E-state index in [-0.39, 0.29) is 21.5 Å². The number of nitrogens with zero attached hydrogens (tertiary/aromatic N) is 1. The van der Waals surface area contributed by atoms with Crippen LogP contribution in [0.3, 0.4) is 0 Å². The summed E-state index contributed by atoms with van der Waals surface area (Å²) in [5.74, 6) is -2.79. The Hall–Kier alpha value is -1.74. The van der Waals surface area contributed by atoms with Gasteiger partial charge in [0.05, 0.1) is 11.8 Å². The number of amides is 3. The zero-order chi connectivity index (χ0) is 21.3. The quantitative estimate of drug-likeness (QED) is 0.359. The molecule has 1 N–H and O–H groups in total. The van der Waals surface area contributed by atoms with Gasteiger partial charge in [-0.05, 0) is 43.9 Å². The average molecular weight is 530 g/mol. The molecule has 3 amide bonds. The largest absolute Gasteiger partial charge is 0.454 e. The number of aryl methyl sites for hydroxylation is 2. The maximum Gasteiger partial charge on any atom is 0.326 e. The molecule has 1 aromatic carbocycles. The average Bonchev–Trinajstić information content (AvgIpc) is 2.88. The van der Waals surface area contributed by atoms with E-state index in [0.29, 0.717) is 18.5 Å². The van der Waals surface area contributed by atoms with Gasteiger partial charge in [-0.25, -0.2) is 0 Å². The first kappa shape index (κ1) is 22.0. The van der Waals surface area contributed by atoms with Gasteiger partial charge in [-0.3, -0.25) is 24.1 Å². The monoisotopic (exact) mass is 528 g/mol. The molecule has 1 aliphatic heterocycles. The molecule has 7 nitrogen and oxygen atoms in total. The van der Waals surface area contributed by atoms with Crippen molar-refractivity contribution in [1.29, 1.82) is 0 Å². The highest BCUT2D eigenvalue weighted by Gasteiger charge is 2.52. The Morgan fingerprint density at radius 2 is 1.69 bits per heavy atom. The van der Waals surface area contributed by atoms with Gasteiger partial charge in [0.2, 0.25) is 11.8 Å². The molecular formula is C20H22Br2N2O5. The fourth-order valence-electron chi connectivity index (χ4n) is 3.70. The number of likely N-dealkylation sites (tertiary alicyclic amines) is 1. The second-order valence-electron chi connectivity index (χ2n) is 7.51. The Kier molecular flexibility index (Phi) is 6.78. The summed E-state index contributed by atoms with van der Waals surface area (Å²) in [5, 5.41) is 2.69. The predicted molar refractivity (Wildman–Crippen MR) is 114 cm³/mol. The van der Waals surface area contributed by atoms with Crippen molar-refractivity contribution in [3.8, 4) is 0 Å². The van der Waals surface area contributed by atoms with Gasteiger partial charge in [-0.1, -0.05) is 44.0 Å². The second kappa shape index (κ2) is 8.95. The molecule has 0 aromatic heterocycles. The van der Waals surface area contributed by atoms with Crippen molar-refractivity contribution >= 4 is 61.2 Å². The Morgan fingerprint density at radius 1 is 1.10 bits per heavy atom. The van der Waals surface area contributed by atoms with E-state index in [1.165, 1.54) is 0 Å². The number of imide groups is 1. The van der Waals surface area contributed by atoms with Gasteiger partial charge in [-0.2, -0.15) is 0 Å². The maximum atomic E-state index is 12.6. The highest BCUT2D eigenvalue weighted by molar-refractivity contribution is 9.12. The number of fused-ring (bicyclic) bond motifs is 1. The van der Waals surface area contributed by atoms with Gasteiger partial charge in [0.1, 0.15) is 6.54 Å². The molecule has 1 aromatic rings. The zero-order valence-electron chi connectivity index (χ0n) is 16.1. The number of nitrogens with one attached hydrogen (secondary N) is 1. The first-order valence-electron chi connectivity index (χ1n) is 9.33. The SMILES string of the molecule is Cc1ccc(C)c(NC(=O)COC(=O)CN2C(=O)[C@@H]3C[C@H](Br)[C@@H](Br)C[C@H]3C2=O)c1. The molecule has 1 saturated carbocycles. The fourth-order valence-corrected chi connectivity index (χ4v) is 4.93. The minimum absolute atomic E-state index is 0.0983. The van der Waals surface area contributed by atoms with E-state index in [9.17, 15) is 19.2 Å². The number of anilines is 1. The molecule has 156 valence electrons. The standard InChI is InChI=1S/C20H22Br2N2O5/c1-10-3-4-11(2)16(5-10)23-17(25)9-29-18(26)8-24-19(27)12-6-14(21)15(22)7-13(12)20(24)28/h3-5,12-15H,6-9H2,1-2H3,(H,23,25)/t12-,13-,14+,15+/m1/s1. The number of carbonyl (C=O) groups is 4. The van der Waals surface area contributed by atoms with Crippen molar-refractivity contribution in [2.24, 2.45) is 11.8 Å². The van der Waals surface area contributed by atoms with Crippen LogP contribution in [-0.2, 0) is 23.9 Å². The lowest BCUT2D eigenvalue weighted by molar-refractivity contribution is -0.154. The van der Waals surface area contributed by atoms with E-state index < -0.39 is 36.9 Å². The van der Waals surface area contributed by atoms with Crippen molar-refractivity contribution in [3.63, 3.8) is 0 Å². The van der Waals surface area contributed by atoms with Gasteiger partial charge >= 0.3 is 5.97 Å². The molecule has 1 heterocycles. The summed E-state index contributed by atoms with van der Waals surface area (Å²) < 4.78 is 4.98. The van der Waals surface area contributed by atoms with E-state index >= 15 is 0 Å². The third kappa shape index (κ3) is 4.88. The predicted octanol–water partition coefficient (Wildman–Crippen LogP) is 2.71. The number of carbonyl (C=O) groups excluding carboxylic acids is 4. The zero-order valence-corrected chi connectivity index (χ0v) is 19.3. The van der Waals surface area contributed by atoms with Crippen LogP contribution in [0.25, 0.3) is 0 Å². The third-order valence-electron chi connectivity index (χ3n) is 5.32. The Morgan fingerprint density at radius 3 is 2.28 bits per heavy atom. The summed E-state index contributed by atoms with van der Waals surface area (Å²) in [4.78, 5) is 50.5. The summed E-state index contributed by atoms with van der Waals surface area (Å²) in [7, 11) is 0. The smallest absolute Gasteiger partial charge is 0.326 e. The lowest BCUT2D eigenvalue weighted by Gasteiger charge is -2.29. The number of alkyl halides is 2. The number of hydrogen-bond acceptors (Lipinski definition) is 5. The van der Waals surface area contributed by atoms with Crippen LogP contribution in [0.4, 0.5) is 5.69 Å². The van der Waals surface area contributed by atoms with E-state index in [0.717, 1.165) is 16.0 Å². The summed E-state index contributed by atoms with van der Waals surface area (Å²) >= 11 is 7.04. The number of esters is 1. The number of halogens is 2. The fraction of sp³-hybridized carbons (Fsp3) is 0.500. The lowest BCUT2D eigenvalue weighted by atomic mass is 9.81. The molecule has 2 fully saturated rings. The first-order valence-corrected chi connectivity index (χ1v) is 11.2. The van der Waals surface area contributed by atoms with Crippen molar-refractivity contribution in [2.75, 3.05) is 18.5 Å². The van der Waals surface area contributed by atoms with Crippen LogP contribution in [0.2, 0.25) is 0 Å². The van der Waals surface area contributed by atoms with Crippen molar-refractivity contribution in [3.05, 3.63) is 29.3 Å². The number of rotatable bonds is 5. The summed E-state index contributed by atoms with van der Waals surface area (Å²) in [6.45, 7) is 2.82. The third-order valence-corrected chi connectivity index (χ3v) is 8.05. The van der Waals surface area contributed by atoms with Gasteiger partial charge < -0.3 is 10.1 Å². The Bertz CT molecular complexity index is 831. The van der Waals surface area contributed by atoms with E-state index in [4.69, 9.17) is 4.74 Å². The van der Waals surface area contributed by atoms with Gasteiger partial charge in [0, 0.05) is 15.3 Å². The molecular weight excluding hydrogens is 508 g/mol.